The predicted octanol–water partition coefficient (Wildman–Crippen LogP) is 5.87. The van der Waals surface area contributed by atoms with Crippen LogP contribution in [-0.2, 0) is 10.0 Å². The molecule has 1 fully saturated rings. The number of benzene rings is 1. The molecule has 1 aromatic heterocycles. The van der Waals surface area contributed by atoms with Gasteiger partial charge in [-0.3, -0.25) is 0 Å². The molecular weight excluding hydrogens is 408 g/mol. The van der Waals surface area contributed by atoms with Gasteiger partial charge in [0.15, 0.2) is 0 Å². The van der Waals surface area contributed by atoms with Crippen LogP contribution in [0.5, 0.6) is 5.75 Å². The van der Waals surface area contributed by atoms with Gasteiger partial charge in [0, 0.05) is 17.6 Å². The Morgan fingerprint density at radius 3 is 2.39 bits per heavy atom. The van der Waals surface area contributed by atoms with Crippen molar-refractivity contribution in [2.24, 2.45) is 0 Å². The summed E-state index contributed by atoms with van der Waals surface area (Å²) in [6, 6.07) is 7.93. The first-order valence-corrected chi connectivity index (χ1v) is 13.9. The number of hydrogen-bond donors (Lipinski definition) is 1. The first-order chi connectivity index (χ1) is 15.1. The van der Waals surface area contributed by atoms with E-state index in [0.29, 0.717) is 18.2 Å². The van der Waals surface area contributed by atoms with Crippen LogP contribution in [0.15, 0.2) is 30.5 Å². The van der Waals surface area contributed by atoms with Crippen LogP contribution in [0.4, 0.5) is 0 Å². The van der Waals surface area contributed by atoms with Crippen molar-refractivity contribution in [3.63, 3.8) is 0 Å². The minimum absolute atomic E-state index is 0.199. The zero-order chi connectivity index (χ0) is 21.9. The maximum absolute atomic E-state index is 12.9. The molecule has 1 aromatic carbocycles. The van der Waals surface area contributed by atoms with Crippen molar-refractivity contribution in [2.75, 3.05) is 18.9 Å². The fraction of sp³-hybridized carbons (Fsp3) is 0.680. The standard InChI is InChI=1S/C25H40N2O3S/c1-2-3-4-5-6-7-8-9-10-11-20-31(28,29)27-19-17-23-24(27)15-12-16-25(23)30-21-22-14-13-18-26-22/h12,15-17,19,22,26H,2-11,13-14,18,20-21H2,1H3. The van der Waals surface area contributed by atoms with Gasteiger partial charge in [-0.1, -0.05) is 70.8 Å². The Hall–Kier alpha value is -1.53. The van der Waals surface area contributed by atoms with Crippen molar-refractivity contribution in [3.05, 3.63) is 30.5 Å². The lowest BCUT2D eigenvalue weighted by Crippen LogP contribution is -2.28. The molecule has 174 valence electrons. The number of unbranched alkanes of at least 4 members (excludes halogenated alkanes) is 9. The van der Waals surface area contributed by atoms with Crippen molar-refractivity contribution in [3.8, 4) is 5.75 Å². The quantitative estimate of drug-likeness (QED) is 0.346. The van der Waals surface area contributed by atoms with E-state index in [2.05, 4.69) is 12.2 Å². The van der Waals surface area contributed by atoms with Crippen LogP contribution in [0.25, 0.3) is 10.9 Å². The number of aromatic nitrogens is 1. The van der Waals surface area contributed by atoms with Crippen LogP contribution >= 0.6 is 0 Å². The van der Waals surface area contributed by atoms with E-state index in [9.17, 15) is 8.42 Å². The van der Waals surface area contributed by atoms with Crippen LogP contribution in [-0.4, -0.2) is 37.3 Å². The van der Waals surface area contributed by atoms with Crippen molar-refractivity contribution >= 4 is 20.9 Å². The fourth-order valence-electron chi connectivity index (χ4n) is 4.44. The van der Waals surface area contributed by atoms with Crippen molar-refractivity contribution < 1.29 is 13.2 Å². The summed E-state index contributed by atoms with van der Waals surface area (Å²) in [6.07, 6.45) is 16.0. The topological polar surface area (TPSA) is 60.3 Å². The molecular formula is C25H40N2O3S. The second-order valence-corrected chi connectivity index (χ2v) is 10.9. The normalized spacial score (nSPS) is 16.9. The molecule has 0 spiro atoms. The number of rotatable bonds is 15. The van der Waals surface area contributed by atoms with Gasteiger partial charge in [-0.2, -0.15) is 0 Å². The van der Waals surface area contributed by atoms with Crippen molar-refractivity contribution in [2.45, 2.75) is 90.0 Å². The number of nitrogens with one attached hydrogen (secondary N) is 1. The maximum atomic E-state index is 12.9. The highest BCUT2D eigenvalue weighted by Gasteiger charge is 2.19. The Labute approximate surface area is 188 Å². The van der Waals surface area contributed by atoms with E-state index in [4.69, 9.17) is 4.74 Å². The molecule has 2 heterocycles. The Bertz CT molecular complexity index is 885. The van der Waals surface area contributed by atoms with E-state index >= 15 is 0 Å². The van der Waals surface area contributed by atoms with Crippen LogP contribution in [0.1, 0.15) is 84.0 Å². The average Bonchev–Trinajstić information content (AvgIpc) is 3.44. The highest BCUT2D eigenvalue weighted by atomic mass is 32.2. The molecule has 0 saturated carbocycles. The lowest BCUT2D eigenvalue weighted by atomic mass is 10.1. The largest absolute Gasteiger partial charge is 0.491 e. The lowest BCUT2D eigenvalue weighted by molar-refractivity contribution is 0.280. The average molecular weight is 449 g/mol. The van der Waals surface area contributed by atoms with E-state index in [1.165, 1.54) is 55.3 Å². The molecule has 3 rings (SSSR count). The highest BCUT2D eigenvalue weighted by molar-refractivity contribution is 7.90. The Balaban J connectivity index is 1.46. The lowest BCUT2D eigenvalue weighted by Gasteiger charge is -2.13. The van der Waals surface area contributed by atoms with E-state index in [1.807, 2.05) is 24.3 Å². The molecule has 6 heteroatoms. The zero-order valence-electron chi connectivity index (χ0n) is 19.2. The van der Waals surface area contributed by atoms with E-state index < -0.39 is 10.0 Å². The summed E-state index contributed by atoms with van der Waals surface area (Å²) in [7, 11) is -3.35. The van der Waals surface area contributed by atoms with Gasteiger partial charge in [0.1, 0.15) is 12.4 Å². The number of hydrogen-bond acceptors (Lipinski definition) is 4. The summed E-state index contributed by atoms with van der Waals surface area (Å²) < 4.78 is 33.3. The summed E-state index contributed by atoms with van der Waals surface area (Å²) in [5, 5.41) is 4.30. The molecule has 1 saturated heterocycles. The predicted molar refractivity (Wildman–Crippen MR) is 129 cm³/mol. The van der Waals surface area contributed by atoms with Gasteiger partial charge >= 0.3 is 0 Å². The van der Waals surface area contributed by atoms with Gasteiger partial charge in [0.2, 0.25) is 10.0 Å². The smallest absolute Gasteiger partial charge is 0.238 e. The maximum Gasteiger partial charge on any atom is 0.238 e. The van der Waals surface area contributed by atoms with Gasteiger partial charge < -0.3 is 10.1 Å². The van der Waals surface area contributed by atoms with Crippen molar-refractivity contribution in [1.82, 2.24) is 9.29 Å². The summed E-state index contributed by atoms with van der Waals surface area (Å²) in [5.74, 6) is 0.962. The van der Waals surface area contributed by atoms with Crippen molar-refractivity contribution in [1.29, 1.82) is 0 Å². The first-order valence-electron chi connectivity index (χ1n) is 12.3. The summed E-state index contributed by atoms with van der Waals surface area (Å²) in [6.45, 7) is 3.91. The summed E-state index contributed by atoms with van der Waals surface area (Å²) in [4.78, 5) is 0. The molecule has 1 unspecified atom stereocenters. The van der Waals surface area contributed by atoms with Crippen LogP contribution in [0, 0.1) is 0 Å². The molecule has 1 aliphatic rings. The number of nitrogens with zero attached hydrogens (tertiary/aromatic N) is 1. The molecule has 31 heavy (non-hydrogen) atoms. The Morgan fingerprint density at radius 2 is 1.71 bits per heavy atom. The SMILES string of the molecule is CCCCCCCCCCCCS(=O)(=O)n1ccc2c(OCC3CCCN3)cccc21. The third kappa shape index (κ3) is 7.25. The summed E-state index contributed by atoms with van der Waals surface area (Å²) >= 11 is 0. The van der Waals surface area contributed by atoms with E-state index in [0.717, 1.165) is 43.4 Å². The number of fused-ring (bicyclic) bond motifs is 1. The van der Waals surface area contributed by atoms with Crippen LogP contribution in [0.3, 0.4) is 0 Å². The van der Waals surface area contributed by atoms with Gasteiger partial charge in [-0.25, -0.2) is 12.4 Å². The third-order valence-corrected chi connectivity index (χ3v) is 8.04. The van der Waals surface area contributed by atoms with Gasteiger partial charge in [-0.15, -0.1) is 0 Å². The molecule has 1 N–H and O–H groups in total. The van der Waals surface area contributed by atoms with E-state index in [1.54, 1.807) is 6.20 Å². The molecule has 0 bridgehead atoms. The second-order valence-electron chi connectivity index (χ2n) is 8.90. The molecule has 2 aromatic rings. The zero-order valence-corrected chi connectivity index (χ0v) is 20.0. The molecule has 0 amide bonds. The van der Waals surface area contributed by atoms with E-state index in [-0.39, 0.29) is 5.75 Å². The van der Waals surface area contributed by atoms with Gasteiger partial charge in [-0.05, 0) is 44.0 Å². The van der Waals surface area contributed by atoms with Gasteiger partial charge in [0.25, 0.3) is 0 Å². The first kappa shape index (κ1) is 24.1. The molecule has 5 nitrogen and oxygen atoms in total. The monoisotopic (exact) mass is 448 g/mol. The van der Waals surface area contributed by atoms with Crippen LogP contribution < -0.4 is 10.1 Å². The Kier molecular flexibility index (Phi) is 9.72. The Morgan fingerprint density at radius 1 is 1.00 bits per heavy atom. The molecule has 0 radical (unpaired) electrons. The summed E-state index contributed by atoms with van der Waals surface area (Å²) in [5.41, 5.74) is 0.712. The van der Waals surface area contributed by atoms with Crippen LogP contribution in [0.2, 0.25) is 0 Å². The fourth-order valence-corrected chi connectivity index (χ4v) is 5.91. The number of ether oxygens (including phenoxy) is 1. The molecule has 0 aliphatic carbocycles. The minimum atomic E-state index is -3.35. The molecule has 1 aliphatic heterocycles. The van der Waals surface area contributed by atoms with Gasteiger partial charge in [0.05, 0.1) is 11.3 Å². The third-order valence-electron chi connectivity index (χ3n) is 6.32. The molecule has 1 atom stereocenters. The minimum Gasteiger partial charge on any atom is -0.491 e. The highest BCUT2D eigenvalue weighted by Crippen LogP contribution is 2.28. The second kappa shape index (κ2) is 12.5.